The minimum atomic E-state index is -0.0571. The third kappa shape index (κ3) is 4.09. The molecular weight excluding hydrogens is 246 g/mol. The Labute approximate surface area is 113 Å². The van der Waals surface area contributed by atoms with Gasteiger partial charge in [0.15, 0.2) is 11.5 Å². The molecule has 0 amide bonds. The third-order valence-electron chi connectivity index (χ3n) is 3.00. The van der Waals surface area contributed by atoms with Crippen LogP contribution in [0.3, 0.4) is 0 Å². The molecule has 0 saturated heterocycles. The van der Waals surface area contributed by atoms with E-state index in [9.17, 15) is 0 Å². The molecule has 0 spiro atoms. The van der Waals surface area contributed by atoms with Gasteiger partial charge in [-0.05, 0) is 24.1 Å². The lowest BCUT2D eigenvalue weighted by molar-refractivity contribution is 0.0672. The molecule has 19 heavy (non-hydrogen) atoms. The summed E-state index contributed by atoms with van der Waals surface area (Å²) in [6, 6.07) is 5.79. The van der Waals surface area contributed by atoms with Crippen molar-refractivity contribution in [2.45, 2.75) is 12.5 Å². The number of fused-ring (bicyclic) bond motifs is 1. The van der Waals surface area contributed by atoms with E-state index in [1.807, 2.05) is 18.2 Å². The molecule has 2 N–H and O–H groups in total. The van der Waals surface area contributed by atoms with Gasteiger partial charge in [-0.2, -0.15) is 0 Å². The Morgan fingerprint density at radius 3 is 2.74 bits per heavy atom. The van der Waals surface area contributed by atoms with E-state index in [2.05, 4.69) is 0 Å². The topological polar surface area (TPSA) is 62.9 Å². The molecule has 5 heteroatoms. The van der Waals surface area contributed by atoms with Crippen LogP contribution in [0.1, 0.15) is 18.0 Å². The van der Waals surface area contributed by atoms with Crippen LogP contribution < -0.4 is 15.2 Å². The van der Waals surface area contributed by atoms with E-state index in [-0.39, 0.29) is 6.04 Å². The Morgan fingerprint density at radius 1 is 1.16 bits per heavy atom. The molecule has 106 valence electrons. The smallest absolute Gasteiger partial charge is 0.161 e. The molecule has 0 bridgehead atoms. The molecule has 1 aromatic rings. The van der Waals surface area contributed by atoms with Crippen molar-refractivity contribution in [1.82, 2.24) is 0 Å². The van der Waals surface area contributed by atoms with Crippen molar-refractivity contribution in [2.24, 2.45) is 5.73 Å². The predicted molar refractivity (Wildman–Crippen MR) is 71.7 cm³/mol. The van der Waals surface area contributed by atoms with Crippen molar-refractivity contribution in [3.63, 3.8) is 0 Å². The lowest BCUT2D eigenvalue weighted by Gasteiger charge is -2.20. The van der Waals surface area contributed by atoms with Gasteiger partial charge < -0.3 is 24.7 Å². The standard InChI is InChI=1S/C14H21NO4/c1-16-6-7-17-5-4-12(15)11-2-3-13-14(10-11)19-9-8-18-13/h2-3,10,12H,4-9,15H2,1H3. The summed E-state index contributed by atoms with van der Waals surface area (Å²) in [5, 5.41) is 0. The fourth-order valence-electron chi connectivity index (χ4n) is 1.91. The summed E-state index contributed by atoms with van der Waals surface area (Å²) in [5.74, 6) is 1.57. The number of methoxy groups -OCH3 is 1. The first-order valence-electron chi connectivity index (χ1n) is 6.53. The Hall–Kier alpha value is -1.30. The van der Waals surface area contributed by atoms with Crippen LogP contribution in [-0.4, -0.2) is 40.1 Å². The van der Waals surface area contributed by atoms with Gasteiger partial charge in [0.1, 0.15) is 13.2 Å². The van der Waals surface area contributed by atoms with Crippen LogP contribution in [0.15, 0.2) is 18.2 Å². The molecule has 1 heterocycles. The first-order chi connectivity index (χ1) is 9.31. The lowest BCUT2D eigenvalue weighted by atomic mass is 10.0. The minimum Gasteiger partial charge on any atom is -0.486 e. The summed E-state index contributed by atoms with van der Waals surface area (Å²) in [6.07, 6.45) is 0.767. The van der Waals surface area contributed by atoms with Crippen LogP contribution in [0, 0.1) is 0 Å². The van der Waals surface area contributed by atoms with Crippen molar-refractivity contribution >= 4 is 0 Å². The fraction of sp³-hybridized carbons (Fsp3) is 0.571. The van der Waals surface area contributed by atoms with E-state index < -0.39 is 0 Å². The van der Waals surface area contributed by atoms with Crippen molar-refractivity contribution in [1.29, 1.82) is 0 Å². The van der Waals surface area contributed by atoms with Crippen LogP contribution >= 0.6 is 0 Å². The van der Waals surface area contributed by atoms with Crippen LogP contribution in [0.2, 0.25) is 0 Å². The summed E-state index contributed by atoms with van der Waals surface area (Å²) in [6.45, 7) is 3.03. The lowest BCUT2D eigenvalue weighted by Crippen LogP contribution is -2.17. The van der Waals surface area contributed by atoms with Crippen molar-refractivity contribution in [3.8, 4) is 11.5 Å². The van der Waals surface area contributed by atoms with E-state index in [0.717, 1.165) is 23.5 Å². The summed E-state index contributed by atoms with van der Waals surface area (Å²) < 4.78 is 21.3. The summed E-state index contributed by atoms with van der Waals surface area (Å²) >= 11 is 0. The molecule has 0 fully saturated rings. The zero-order valence-electron chi connectivity index (χ0n) is 11.3. The molecule has 1 aromatic carbocycles. The second-order valence-corrected chi connectivity index (χ2v) is 4.40. The first-order valence-corrected chi connectivity index (χ1v) is 6.53. The molecule has 1 aliphatic heterocycles. The normalized spacial score (nSPS) is 15.3. The maximum Gasteiger partial charge on any atom is 0.161 e. The summed E-state index contributed by atoms with van der Waals surface area (Å²) in [7, 11) is 1.66. The quantitative estimate of drug-likeness (QED) is 0.759. The average molecular weight is 267 g/mol. The van der Waals surface area contributed by atoms with E-state index in [4.69, 9.17) is 24.7 Å². The number of nitrogens with two attached hydrogens (primary N) is 1. The maximum absolute atomic E-state index is 6.14. The summed E-state index contributed by atoms with van der Waals surface area (Å²) in [4.78, 5) is 0. The van der Waals surface area contributed by atoms with Crippen LogP contribution in [-0.2, 0) is 9.47 Å². The van der Waals surface area contributed by atoms with Gasteiger partial charge in [-0.25, -0.2) is 0 Å². The molecule has 0 aliphatic carbocycles. The average Bonchev–Trinajstić information content (AvgIpc) is 2.46. The van der Waals surface area contributed by atoms with E-state index >= 15 is 0 Å². The number of rotatable bonds is 7. The molecule has 0 saturated carbocycles. The van der Waals surface area contributed by atoms with Crippen LogP contribution in [0.5, 0.6) is 11.5 Å². The van der Waals surface area contributed by atoms with Gasteiger partial charge in [0, 0.05) is 19.8 Å². The van der Waals surface area contributed by atoms with Crippen molar-refractivity contribution in [3.05, 3.63) is 23.8 Å². The van der Waals surface area contributed by atoms with Crippen molar-refractivity contribution < 1.29 is 18.9 Å². The third-order valence-corrected chi connectivity index (χ3v) is 3.00. The highest BCUT2D eigenvalue weighted by molar-refractivity contribution is 5.44. The molecular formula is C14H21NO4. The number of hydrogen-bond donors (Lipinski definition) is 1. The van der Waals surface area contributed by atoms with Gasteiger partial charge in [0.25, 0.3) is 0 Å². The number of ether oxygens (including phenoxy) is 4. The van der Waals surface area contributed by atoms with Gasteiger partial charge in [0.2, 0.25) is 0 Å². The highest BCUT2D eigenvalue weighted by Crippen LogP contribution is 2.32. The molecule has 1 aliphatic rings. The molecule has 1 atom stereocenters. The SMILES string of the molecule is COCCOCCC(N)c1ccc2c(c1)OCCO2. The molecule has 0 radical (unpaired) electrons. The van der Waals surface area contributed by atoms with E-state index in [1.165, 1.54) is 0 Å². The molecule has 5 nitrogen and oxygen atoms in total. The van der Waals surface area contributed by atoms with E-state index in [0.29, 0.717) is 33.0 Å². The van der Waals surface area contributed by atoms with Gasteiger partial charge in [-0.1, -0.05) is 6.07 Å². The van der Waals surface area contributed by atoms with Crippen molar-refractivity contribution in [2.75, 3.05) is 40.1 Å². The second kappa shape index (κ2) is 7.33. The Bertz CT molecular complexity index is 397. The largest absolute Gasteiger partial charge is 0.486 e. The highest BCUT2D eigenvalue weighted by Gasteiger charge is 2.14. The highest BCUT2D eigenvalue weighted by atomic mass is 16.6. The second-order valence-electron chi connectivity index (χ2n) is 4.40. The molecule has 1 unspecified atom stereocenters. The van der Waals surface area contributed by atoms with E-state index in [1.54, 1.807) is 7.11 Å². The van der Waals surface area contributed by atoms with Gasteiger partial charge in [0.05, 0.1) is 13.2 Å². The van der Waals surface area contributed by atoms with Crippen LogP contribution in [0.25, 0.3) is 0 Å². The molecule has 0 aromatic heterocycles. The Morgan fingerprint density at radius 2 is 1.95 bits per heavy atom. The predicted octanol–water partition coefficient (Wildman–Crippen LogP) is 1.51. The zero-order valence-corrected chi connectivity index (χ0v) is 11.3. The Balaban J connectivity index is 1.83. The van der Waals surface area contributed by atoms with Gasteiger partial charge in [-0.15, -0.1) is 0 Å². The fourth-order valence-corrected chi connectivity index (χ4v) is 1.91. The first kappa shape index (κ1) is 14.1. The van der Waals surface area contributed by atoms with Gasteiger partial charge >= 0.3 is 0 Å². The van der Waals surface area contributed by atoms with Crippen LogP contribution in [0.4, 0.5) is 0 Å². The monoisotopic (exact) mass is 267 g/mol. The Kier molecular flexibility index (Phi) is 5.44. The maximum atomic E-state index is 6.14. The minimum absolute atomic E-state index is 0.0571. The number of benzene rings is 1. The zero-order chi connectivity index (χ0) is 13.5. The number of hydrogen-bond acceptors (Lipinski definition) is 5. The van der Waals surface area contributed by atoms with Gasteiger partial charge in [-0.3, -0.25) is 0 Å². The summed E-state index contributed by atoms with van der Waals surface area (Å²) in [5.41, 5.74) is 7.18. The molecule has 2 rings (SSSR count).